The van der Waals surface area contributed by atoms with Gasteiger partial charge in [-0.15, -0.1) is 0 Å². The minimum absolute atomic E-state index is 0.103. The van der Waals surface area contributed by atoms with Crippen LogP contribution in [-0.2, 0) is 4.79 Å². The van der Waals surface area contributed by atoms with Gasteiger partial charge in [-0.05, 0) is 50.4 Å². The van der Waals surface area contributed by atoms with Crippen LogP contribution in [0.15, 0.2) is 48.8 Å². The van der Waals surface area contributed by atoms with E-state index in [4.69, 9.17) is 0 Å². The Morgan fingerprint density at radius 1 is 1.16 bits per heavy atom. The Balaban J connectivity index is 1.52. The highest BCUT2D eigenvalue weighted by atomic mass is 16.3. The van der Waals surface area contributed by atoms with Crippen molar-refractivity contribution in [1.29, 1.82) is 0 Å². The van der Waals surface area contributed by atoms with Crippen LogP contribution >= 0.6 is 0 Å². The summed E-state index contributed by atoms with van der Waals surface area (Å²) in [5.41, 5.74) is 0.966. The van der Waals surface area contributed by atoms with Gasteiger partial charge in [0.05, 0.1) is 12.1 Å². The van der Waals surface area contributed by atoms with Crippen molar-refractivity contribution in [2.75, 3.05) is 18.4 Å². The number of carbonyl (C=O) groups excluding carboxylic acids is 1. The molecular weight excluding hydrogens is 316 g/mol. The number of anilines is 1. The van der Waals surface area contributed by atoms with Gasteiger partial charge in [-0.1, -0.05) is 30.3 Å². The molecule has 2 unspecified atom stereocenters. The summed E-state index contributed by atoms with van der Waals surface area (Å²) >= 11 is 0. The van der Waals surface area contributed by atoms with E-state index >= 15 is 0 Å². The highest BCUT2D eigenvalue weighted by molar-refractivity contribution is 5.93. The number of aliphatic hydroxyl groups excluding tert-OH is 1. The minimum atomic E-state index is -0.440. The molecule has 6 nitrogen and oxygen atoms in total. The maximum Gasteiger partial charge on any atom is 0.243 e. The zero-order valence-electron chi connectivity index (χ0n) is 14.4. The first-order chi connectivity index (χ1) is 12.1. The predicted octanol–water partition coefficient (Wildman–Crippen LogP) is 2.25. The molecule has 0 spiro atoms. The third-order valence-electron chi connectivity index (χ3n) is 4.89. The first kappa shape index (κ1) is 17.5. The van der Waals surface area contributed by atoms with Crippen molar-refractivity contribution in [2.24, 2.45) is 5.92 Å². The Kier molecular flexibility index (Phi) is 5.73. The lowest BCUT2D eigenvalue weighted by Crippen LogP contribution is -2.46. The molecule has 0 radical (unpaired) electrons. The Morgan fingerprint density at radius 3 is 2.44 bits per heavy atom. The first-order valence-electron chi connectivity index (χ1n) is 8.70. The van der Waals surface area contributed by atoms with Gasteiger partial charge in [-0.25, -0.2) is 9.97 Å². The molecule has 1 aliphatic heterocycles. The van der Waals surface area contributed by atoms with E-state index in [1.165, 1.54) is 0 Å². The van der Waals surface area contributed by atoms with Gasteiger partial charge in [0.2, 0.25) is 11.9 Å². The Hall–Kier alpha value is -2.31. The molecule has 2 heterocycles. The average Bonchev–Trinajstić information content (AvgIpc) is 2.68. The summed E-state index contributed by atoms with van der Waals surface area (Å²) in [4.78, 5) is 22.6. The monoisotopic (exact) mass is 340 g/mol. The van der Waals surface area contributed by atoms with Gasteiger partial charge in [0.25, 0.3) is 0 Å². The second-order valence-corrected chi connectivity index (χ2v) is 6.47. The molecule has 25 heavy (non-hydrogen) atoms. The molecule has 1 saturated heterocycles. The lowest BCUT2D eigenvalue weighted by molar-refractivity contribution is -0.121. The van der Waals surface area contributed by atoms with E-state index in [-0.39, 0.29) is 17.9 Å². The molecular formula is C19H24N4O2. The summed E-state index contributed by atoms with van der Waals surface area (Å²) in [7, 11) is 0. The van der Waals surface area contributed by atoms with E-state index in [0.717, 1.165) is 31.5 Å². The molecule has 1 aromatic carbocycles. The zero-order chi connectivity index (χ0) is 17.6. The smallest absolute Gasteiger partial charge is 0.243 e. The van der Waals surface area contributed by atoms with E-state index in [2.05, 4.69) is 20.2 Å². The Bertz CT molecular complexity index is 672. The number of nitrogens with zero attached hydrogens (tertiary/aromatic N) is 3. The number of aromatic nitrogens is 2. The molecule has 3 rings (SSSR count). The number of hydrogen-bond donors (Lipinski definition) is 2. The maximum absolute atomic E-state index is 12.4. The lowest BCUT2D eigenvalue weighted by Gasteiger charge is -2.37. The SMILES string of the molecule is CC(C(=O)Nc1ncccn1)N1CCC(C(O)c2ccccc2)CC1. The summed E-state index contributed by atoms with van der Waals surface area (Å²) in [6, 6.07) is 11.2. The molecule has 2 aromatic rings. The molecule has 132 valence electrons. The van der Waals surface area contributed by atoms with E-state index in [1.54, 1.807) is 18.5 Å². The van der Waals surface area contributed by atoms with Crippen LogP contribution in [0.5, 0.6) is 0 Å². The van der Waals surface area contributed by atoms with E-state index in [9.17, 15) is 9.90 Å². The number of hydrogen-bond acceptors (Lipinski definition) is 5. The third kappa shape index (κ3) is 4.41. The Labute approximate surface area is 147 Å². The topological polar surface area (TPSA) is 78.4 Å². The van der Waals surface area contributed by atoms with Crippen LogP contribution in [0.1, 0.15) is 31.4 Å². The standard InChI is InChI=1S/C19H24N4O2/c1-14(18(25)22-19-20-10-5-11-21-19)23-12-8-16(9-13-23)17(24)15-6-3-2-4-7-15/h2-7,10-11,14,16-17,24H,8-9,12-13H2,1H3,(H,20,21,22,25). The third-order valence-corrected chi connectivity index (χ3v) is 4.89. The second-order valence-electron chi connectivity index (χ2n) is 6.47. The lowest BCUT2D eigenvalue weighted by atomic mass is 9.87. The molecule has 1 fully saturated rings. The first-order valence-corrected chi connectivity index (χ1v) is 8.70. The van der Waals surface area contributed by atoms with E-state index in [0.29, 0.717) is 5.95 Å². The number of carbonyl (C=O) groups is 1. The van der Waals surface area contributed by atoms with Crippen LogP contribution in [0.4, 0.5) is 5.95 Å². The van der Waals surface area contributed by atoms with Crippen LogP contribution in [0.3, 0.4) is 0 Å². The van der Waals surface area contributed by atoms with Crippen LogP contribution in [-0.4, -0.2) is 45.0 Å². The number of rotatable bonds is 5. The molecule has 1 amide bonds. The molecule has 1 aromatic heterocycles. The van der Waals surface area contributed by atoms with Crippen molar-refractivity contribution < 1.29 is 9.90 Å². The van der Waals surface area contributed by atoms with Crippen LogP contribution in [0, 0.1) is 5.92 Å². The van der Waals surface area contributed by atoms with Crippen molar-refractivity contribution in [3.63, 3.8) is 0 Å². The zero-order valence-corrected chi connectivity index (χ0v) is 14.4. The van der Waals surface area contributed by atoms with Gasteiger partial charge in [-0.3, -0.25) is 15.0 Å². The van der Waals surface area contributed by atoms with Crippen molar-refractivity contribution in [1.82, 2.24) is 14.9 Å². The maximum atomic E-state index is 12.4. The number of likely N-dealkylation sites (tertiary alicyclic amines) is 1. The number of nitrogens with one attached hydrogen (secondary N) is 1. The van der Waals surface area contributed by atoms with E-state index in [1.807, 2.05) is 37.3 Å². The average molecular weight is 340 g/mol. The fraction of sp³-hybridized carbons (Fsp3) is 0.421. The summed E-state index contributed by atoms with van der Waals surface area (Å²) in [5, 5.41) is 13.3. The summed E-state index contributed by atoms with van der Waals surface area (Å²) in [6.07, 6.45) is 4.50. The number of amides is 1. The van der Waals surface area contributed by atoms with Gasteiger partial charge in [0.15, 0.2) is 0 Å². The van der Waals surface area contributed by atoms with Gasteiger partial charge in [0, 0.05) is 12.4 Å². The molecule has 0 bridgehead atoms. The van der Waals surface area contributed by atoms with Crippen molar-refractivity contribution in [2.45, 2.75) is 31.9 Å². The minimum Gasteiger partial charge on any atom is -0.388 e. The molecule has 0 aliphatic carbocycles. The molecule has 2 N–H and O–H groups in total. The quantitative estimate of drug-likeness (QED) is 0.873. The van der Waals surface area contributed by atoms with Gasteiger partial charge >= 0.3 is 0 Å². The summed E-state index contributed by atoms with van der Waals surface area (Å²) < 4.78 is 0. The van der Waals surface area contributed by atoms with Crippen molar-refractivity contribution in [3.8, 4) is 0 Å². The van der Waals surface area contributed by atoms with Crippen LogP contribution in [0.2, 0.25) is 0 Å². The number of piperidine rings is 1. The number of aliphatic hydroxyl groups is 1. The van der Waals surface area contributed by atoms with Crippen LogP contribution < -0.4 is 5.32 Å². The van der Waals surface area contributed by atoms with E-state index < -0.39 is 6.10 Å². The molecule has 6 heteroatoms. The fourth-order valence-corrected chi connectivity index (χ4v) is 3.29. The van der Waals surface area contributed by atoms with Gasteiger partial charge < -0.3 is 5.11 Å². The van der Waals surface area contributed by atoms with Crippen LogP contribution in [0.25, 0.3) is 0 Å². The van der Waals surface area contributed by atoms with Crippen molar-refractivity contribution >= 4 is 11.9 Å². The summed E-state index contributed by atoms with van der Waals surface area (Å²) in [6.45, 7) is 3.48. The Morgan fingerprint density at radius 2 is 1.80 bits per heavy atom. The fourth-order valence-electron chi connectivity index (χ4n) is 3.29. The highest BCUT2D eigenvalue weighted by Crippen LogP contribution is 2.31. The normalized spacial score (nSPS) is 18.5. The van der Waals surface area contributed by atoms with Gasteiger partial charge in [0.1, 0.15) is 0 Å². The predicted molar refractivity (Wildman–Crippen MR) is 95.8 cm³/mol. The van der Waals surface area contributed by atoms with Gasteiger partial charge in [-0.2, -0.15) is 0 Å². The molecule has 1 aliphatic rings. The second kappa shape index (κ2) is 8.18. The summed E-state index contributed by atoms with van der Waals surface area (Å²) in [5.74, 6) is 0.452. The molecule has 2 atom stereocenters. The largest absolute Gasteiger partial charge is 0.388 e. The number of benzene rings is 1. The molecule has 0 saturated carbocycles. The van der Waals surface area contributed by atoms with Crippen molar-refractivity contribution in [3.05, 3.63) is 54.4 Å². The highest BCUT2D eigenvalue weighted by Gasteiger charge is 2.30.